The highest BCUT2D eigenvalue weighted by molar-refractivity contribution is 5.78. The summed E-state index contributed by atoms with van der Waals surface area (Å²) in [6.45, 7) is 4.95. The van der Waals surface area contributed by atoms with E-state index in [4.69, 9.17) is 19.2 Å². The van der Waals surface area contributed by atoms with Crippen LogP contribution in [0.15, 0.2) is 84.9 Å². The van der Waals surface area contributed by atoms with E-state index in [2.05, 4.69) is 65.6 Å². The number of piperidine rings is 1. The molecule has 4 aromatic rings. The Bertz CT molecular complexity index is 1310. The van der Waals surface area contributed by atoms with E-state index in [0.29, 0.717) is 6.61 Å². The molecule has 2 saturated heterocycles. The van der Waals surface area contributed by atoms with Crippen molar-refractivity contribution in [2.24, 2.45) is 0 Å². The lowest BCUT2D eigenvalue weighted by Gasteiger charge is -2.37. The van der Waals surface area contributed by atoms with Crippen LogP contribution < -0.4 is 4.74 Å². The molecule has 0 radical (unpaired) electrons. The van der Waals surface area contributed by atoms with Gasteiger partial charge in [0.2, 0.25) is 0 Å². The molecule has 2 fully saturated rings. The first-order valence-electron chi connectivity index (χ1n) is 12.9. The Morgan fingerprint density at radius 2 is 1.61 bits per heavy atom. The number of aromatic nitrogens is 1. The fraction of sp³-hybridized carbons (Fsp3) is 0.323. The van der Waals surface area contributed by atoms with Crippen molar-refractivity contribution in [1.82, 2.24) is 9.88 Å². The van der Waals surface area contributed by atoms with Gasteiger partial charge in [-0.25, -0.2) is 4.98 Å². The number of hydrogen-bond donors (Lipinski definition) is 0. The van der Waals surface area contributed by atoms with Crippen LogP contribution in [-0.2, 0) is 22.5 Å². The van der Waals surface area contributed by atoms with Gasteiger partial charge >= 0.3 is 0 Å². The fourth-order valence-electron chi connectivity index (χ4n) is 5.28. The van der Waals surface area contributed by atoms with E-state index in [9.17, 15) is 0 Å². The molecule has 3 aromatic carbocycles. The largest absolute Gasteiger partial charge is 0.487 e. The Kier molecular flexibility index (Phi) is 6.69. The van der Waals surface area contributed by atoms with Gasteiger partial charge in [-0.05, 0) is 47.4 Å². The Morgan fingerprint density at radius 1 is 0.833 bits per heavy atom. The molecule has 0 atom stereocenters. The van der Waals surface area contributed by atoms with Crippen LogP contribution in [-0.4, -0.2) is 48.5 Å². The molecule has 5 nitrogen and oxygen atoms in total. The molecule has 2 aliphatic heterocycles. The fourth-order valence-corrected chi connectivity index (χ4v) is 5.28. The third-order valence-corrected chi connectivity index (χ3v) is 7.34. The van der Waals surface area contributed by atoms with E-state index < -0.39 is 0 Å². The Hall–Kier alpha value is -3.25. The second-order valence-corrected chi connectivity index (χ2v) is 9.67. The first-order valence-corrected chi connectivity index (χ1v) is 12.9. The number of nitrogens with zero attached hydrogens (tertiary/aromatic N) is 2. The van der Waals surface area contributed by atoms with Crippen molar-refractivity contribution in [3.8, 4) is 16.9 Å². The zero-order valence-electron chi connectivity index (χ0n) is 20.6. The van der Waals surface area contributed by atoms with Crippen LogP contribution in [0.2, 0.25) is 0 Å². The SMILES string of the molecule is c1ccc(-c2cc(OCc3ccc4ccccc4n3)ccc2CCN2CCC3(CC2)OCCO3)cc1. The number of fused-ring (bicyclic) bond motifs is 1. The number of benzene rings is 3. The summed E-state index contributed by atoms with van der Waals surface area (Å²) in [4.78, 5) is 7.28. The summed E-state index contributed by atoms with van der Waals surface area (Å²) >= 11 is 0. The highest BCUT2D eigenvalue weighted by Gasteiger charge is 2.39. The number of pyridine rings is 1. The molecule has 0 saturated carbocycles. The summed E-state index contributed by atoms with van der Waals surface area (Å²) in [6.07, 6.45) is 2.90. The van der Waals surface area contributed by atoms with Crippen LogP contribution in [0.25, 0.3) is 22.0 Å². The zero-order valence-corrected chi connectivity index (χ0v) is 20.6. The van der Waals surface area contributed by atoms with Crippen LogP contribution in [0, 0.1) is 0 Å². The average molecular weight is 481 g/mol. The molecule has 0 aliphatic carbocycles. The first-order chi connectivity index (χ1) is 17.8. The maximum atomic E-state index is 6.21. The topological polar surface area (TPSA) is 43.8 Å². The van der Waals surface area contributed by atoms with Gasteiger partial charge in [-0.1, -0.05) is 60.7 Å². The normalized spacial score (nSPS) is 17.6. The standard InChI is InChI=1S/C31H32N2O3/c1-2-6-24(7-3-1)29-22-28(34-23-27-12-10-26-8-4-5-9-30(26)32-27)13-11-25(29)14-17-33-18-15-31(16-19-33)35-20-21-36-31/h1-13,22H,14-21,23H2. The van der Waals surface area contributed by atoms with Crippen molar-refractivity contribution in [1.29, 1.82) is 0 Å². The number of para-hydroxylation sites is 1. The predicted octanol–water partition coefficient (Wildman–Crippen LogP) is 5.86. The molecule has 3 heterocycles. The summed E-state index contributed by atoms with van der Waals surface area (Å²) in [7, 11) is 0. The minimum absolute atomic E-state index is 0.315. The molecule has 0 amide bonds. The van der Waals surface area contributed by atoms with Crippen LogP contribution in [0.3, 0.4) is 0 Å². The molecular formula is C31H32N2O3. The lowest BCUT2D eigenvalue weighted by molar-refractivity contribution is -0.185. The molecule has 1 aromatic heterocycles. The zero-order chi connectivity index (χ0) is 24.2. The van der Waals surface area contributed by atoms with Crippen molar-refractivity contribution in [3.05, 3.63) is 96.2 Å². The quantitative estimate of drug-likeness (QED) is 0.331. The number of rotatable bonds is 7. The van der Waals surface area contributed by atoms with Gasteiger partial charge in [0, 0.05) is 37.9 Å². The van der Waals surface area contributed by atoms with Crippen LogP contribution in [0.4, 0.5) is 0 Å². The van der Waals surface area contributed by atoms with E-state index in [1.54, 1.807) is 0 Å². The Labute approximate surface area is 212 Å². The highest BCUT2D eigenvalue weighted by Crippen LogP contribution is 2.32. The molecule has 2 aliphatic rings. The van der Waals surface area contributed by atoms with Gasteiger partial charge in [-0.3, -0.25) is 0 Å². The molecule has 0 N–H and O–H groups in total. The van der Waals surface area contributed by atoms with Crippen LogP contribution >= 0.6 is 0 Å². The van der Waals surface area contributed by atoms with Crippen molar-refractivity contribution in [2.45, 2.75) is 31.7 Å². The number of hydrogen-bond acceptors (Lipinski definition) is 5. The predicted molar refractivity (Wildman–Crippen MR) is 142 cm³/mol. The lowest BCUT2D eigenvalue weighted by atomic mass is 9.96. The van der Waals surface area contributed by atoms with Gasteiger partial charge in [0.25, 0.3) is 0 Å². The smallest absolute Gasteiger partial charge is 0.170 e. The van der Waals surface area contributed by atoms with E-state index in [1.165, 1.54) is 16.7 Å². The first kappa shape index (κ1) is 23.2. The molecule has 184 valence electrons. The number of likely N-dealkylation sites (tertiary alicyclic amines) is 1. The second-order valence-electron chi connectivity index (χ2n) is 9.67. The monoisotopic (exact) mass is 480 g/mol. The molecule has 0 unspecified atom stereocenters. The van der Waals surface area contributed by atoms with Gasteiger partial charge in [-0.2, -0.15) is 0 Å². The minimum Gasteiger partial charge on any atom is -0.487 e. The van der Waals surface area contributed by atoms with Crippen LogP contribution in [0.5, 0.6) is 5.75 Å². The van der Waals surface area contributed by atoms with E-state index in [1.807, 2.05) is 24.3 Å². The van der Waals surface area contributed by atoms with E-state index >= 15 is 0 Å². The minimum atomic E-state index is -0.315. The van der Waals surface area contributed by atoms with Gasteiger partial charge < -0.3 is 19.1 Å². The van der Waals surface area contributed by atoms with Gasteiger partial charge in [0.1, 0.15) is 12.4 Å². The number of ether oxygens (including phenoxy) is 3. The van der Waals surface area contributed by atoms with Crippen LogP contribution in [0.1, 0.15) is 24.1 Å². The molecule has 0 bridgehead atoms. The second kappa shape index (κ2) is 10.4. The van der Waals surface area contributed by atoms with Crippen molar-refractivity contribution < 1.29 is 14.2 Å². The Balaban J connectivity index is 1.15. The maximum absolute atomic E-state index is 6.21. The third-order valence-electron chi connectivity index (χ3n) is 7.34. The molecule has 6 rings (SSSR count). The highest BCUT2D eigenvalue weighted by atomic mass is 16.7. The average Bonchev–Trinajstić information content (AvgIpc) is 3.40. The molecular weight excluding hydrogens is 448 g/mol. The Morgan fingerprint density at radius 3 is 2.44 bits per heavy atom. The van der Waals surface area contributed by atoms with Gasteiger partial charge in [-0.15, -0.1) is 0 Å². The third kappa shape index (κ3) is 5.14. The van der Waals surface area contributed by atoms with Gasteiger partial charge in [0.05, 0.1) is 24.4 Å². The summed E-state index contributed by atoms with van der Waals surface area (Å²) < 4.78 is 18.0. The van der Waals surface area contributed by atoms with Crippen molar-refractivity contribution >= 4 is 10.9 Å². The van der Waals surface area contributed by atoms with Crippen molar-refractivity contribution in [3.63, 3.8) is 0 Å². The van der Waals surface area contributed by atoms with Crippen molar-refractivity contribution in [2.75, 3.05) is 32.8 Å². The summed E-state index contributed by atoms with van der Waals surface area (Å²) in [5, 5.41) is 1.14. The van der Waals surface area contributed by atoms with E-state index in [0.717, 1.165) is 74.5 Å². The lowest BCUT2D eigenvalue weighted by Crippen LogP contribution is -2.45. The van der Waals surface area contributed by atoms with Gasteiger partial charge in [0.15, 0.2) is 5.79 Å². The summed E-state index contributed by atoms with van der Waals surface area (Å²) in [6, 6.07) is 29.4. The molecule has 1 spiro atoms. The summed E-state index contributed by atoms with van der Waals surface area (Å²) in [5.74, 6) is 0.549. The van der Waals surface area contributed by atoms with E-state index in [-0.39, 0.29) is 5.79 Å². The molecule has 5 heteroatoms. The molecule has 36 heavy (non-hydrogen) atoms. The summed E-state index contributed by atoms with van der Waals surface area (Å²) in [5.41, 5.74) is 5.71. The maximum Gasteiger partial charge on any atom is 0.170 e.